The number of aryl methyl sites for hydroxylation is 2. The maximum Gasteiger partial charge on any atom is 0.433 e. The molecular formula is C30H42F3N3O2. The van der Waals surface area contributed by atoms with Crippen LogP contribution in [0.2, 0.25) is 0 Å². The normalized spacial score (nSPS) is 26.1. The number of carbonyl (C=O) groups is 2. The molecule has 5 nitrogen and oxygen atoms in total. The Hall–Kier alpha value is -2.64. The number of hydrogen-bond donors (Lipinski definition) is 0. The monoisotopic (exact) mass is 533 g/mol. The summed E-state index contributed by atoms with van der Waals surface area (Å²) < 4.78 is 42.4. The molecule has 0 bridgehead atoms. The first kappa shape index (κ1) is 26.9. The van der Waals surface area contributed by atoms with Crippen molar-refractivity contribution in [1.82, 2.24) is 14.7 Å². The summed E-state index contributed by atoms with van der Waals surface area (Å²) in [6.07, 6.45) is 1.57. The van der Waals surface area contributed by atoms with Crippen molar-refractivity contribution in [2.24, 2.45) is 17.8 Å². The van der Waals surface area contributed by atoms with Crippen LogP contribution >= 0.6 is 0 Å². The summed E-state index contributed by atoms with van der Waals surface area (Å²) >= 11 is 0. The van der Waals surface area contributed by atoms with Crippen LogP contribution in [-0.4, -0.2) is 32.9 Å². The van der Waals surface area contributed by atoms with E-state index in [0.29, 0.717) is 18.2 Å². The highest BCUT2D eigenvalue weighted by Crippen LogP contribution is 2.48. The molecule has 3 aliphatic rings. The van der Waals surface area contributed by atoms with E-state index >= 15 is 0 Å². The number of alkyl halides is 3. The van der Waals surface area contributed by atoms with Gasteiger partial charge in [0.2, 0.25) is 5.91 Å². The molecule has 1 aromatic carbocycles. The Balaban J connectivity index is 0.00000220. The van der Waals surface area contributed by atoms with Gasteiger partial charge >= 0.3 is 6.18 Å². The fraction of sp³-hybridized carbons (Fsp3) is 0.633. The SMILES string of the molecule is CC(=O)C1CCC([C@@H]2CCN(C(=O)Cn3nc(C4CC4)cc3C(F)(F)F)[C@@H]2c2cc(C)cc(C)c2C)CC1.[HH].[HH]. The maximum atomic E-state index is 13.8. The Kier molecular flexibility index (Phi) is 7.20. The lowest BCUT2D eigenvalue weighted by molar-refractivity contribution is -0.146. The number of likely N-dealkylation sites (tertiary alicyclic amines) is 1. The fourth-order valence-electron chi connectivity index (χ4n) is 6.90. The minimum atomic E-state index is -4.56. The molecular weight excluding hydrogens is 491 g/mol. The first-order chi connectivity index (χ1) is 17.9. The zero-order chi connectivity index (χ0) is 27.4. The summed E-state index contributed by atoms with van der Waals surface area (Å²) in [6.45, 7) is 7.96. The van der Waals surface area contributed by atoms with Crippen molar-refractivity contribution in [1.29, 1.82) is 0 Å². The zero-order valence-corrected chi connectivity index (χ0v) is 22.8. The van der Waals surface area contributed by atoms with Gasteiger partial charge in [-0.25, -0.2) is 0 Å². The predicted molar refractivity (Wildman–Crippen MR) is 143 cm³/mol. The van der Waals surface area contributed by atoms with Gasteiger partial charge < -0.3 is 4.90 Å². The van der Waals surface area contributed by atoms with Crippen LogP contribution in [0.25, 0.3) is 0 Å². The molecule has 2 atom stereocenters. The molecule has 5 rings (SSSR count). The molecule has 0 N–H and O–H groups in total. The van der Waals surface area contributed by atoms with Crippen molar-refractivity contribution in [3.8, 4) is 0 Å². The molecule has 1 saturated heterocycles. The lowest BCUT2D eigenvalue weighted by Crippen LogP contribution is -2.37. The number of halogens is 3. The number of Topliss-reactive ketones (excluding diaryl/α,β-unsaturated/α-hetero) is 1. The van der Waals surface area contributed by atoms with Crippen LogP contribution in [0.1, 0.15) is 100 Å². The van der Waals surface area contributed by atoms with Crippen molar-refractivity contribution >= 4 is 11.7 Å². The van der Waals surface area contributed by atoms with Gasteiger partial charge in [-0.05, 0) is 107 Å². The summed E-state index contributed by atoms with van der Waals surface area (Å²) in [5, 5.41) is 4.24. The largest absolute Gasteiger partial charge is 0.433 e. The van der Waals surface area contributed by atoms with Crippen molar-refractivity contribution < 1.29 is 25.6 Å². The smallest absolute Gasteiger partial charge is 0.334 e. The Bertz CT molecular complexity index is 1230. The van der Waals surface area contributed by atoms with Crippen molar-refractivity contribution in [2.45, 2.75) is 97.3 Å². The molecule has 1 amide bonds. The molecule has 1 aromatic heterocycles. The first-order valence-electron chi connectivity index (χ1n) is 14.0. The van der Waals surface area contributed by atoms with Crippen LogP contribution in [-0.2, 0) is 22.3 Å². The van der Waals surface area contributed by atoms with Crippen LogP contribution < -0.4 is 0 Å². The average Bonchev–Trinajstić information content (AvgIpc) is 3.46. The summed E-state index contributed by atoms with van der Waals surface area (Å²) in [4.78, 5) is 27.5. The number of carbonyl (C=O) groups excluding carboxylic acids is 2. The third kappa shape index (κ3) is 5.28. The van der Waals surface area contributed by atoms with E-state index in [1.807, 2.05) is 11.8 Å². The van der Waals surface area contributed by atoms with E-state index in [9.17, 15) is 22.8 Å². The van der Waals surface area contributed by atoms with Gasteiger partial charge in [0.05, 0.1) is 11.7 Å². The molecule has 2 aliphatic carbocycles. The van der Waals surface area contributed by atoms with Gasteiger partial charge in [-0.2, -0.15) is 18.3 Å². The highest BCUT2D eigenvalue weighted by atomic mass is 19.4. The van der Waals surface area contributed by atoms with E-state index in [2.05, 4.69) is 31.1 Å². The van der Waals surface area contributed by atoms with Gasteiger partial charge in [0.25, 0.3) is 0 Å². The van der Waals surface area contributed by atoms with E-state index < -0.39 is 18.4 Å². The molecule has 210 valence electrons. The van der Waals surface area contributed by atoms with Gasteiger partial charge in [0.1, 0.15) is 18.0 Å². The lowest BCUT2D eigenvalue weighted by Gasteiger charge is -2.37. The summed E-state index contributed by atoms with van der Waals surface area (Å²) in [6, 6.07) is 5.21. The van der Waals surface area contributed by atoms with Gasteiger partial charge in [-0.1, -0.05) is 17.7 Å². The van der Waals surface area contributed by atoms with Gasteiger partial charge in [-0.15, -0.1) is 0 Å². The third-order valence-corrected chi connectivity index (χ3v) is 9.26. The van der Waals surface area contributed by atoms with Gasteiger partial charge in [0, 0.05) is 21.2 Å². The highest BCUT2D eigenvalue weighted by molar-refractivity contribution is 5.78. The van der Waals surface area contributed by atoms with Crippen LogP contribution in [0.4, 0.5) is 13.2 Å². The van der Waals surface area contributed by atoms with Crippen LogP contribution in [0.3, 0.4) is 0 Å². The Morgan fingerprint density at radius 2 is 1.68 bits per heavy atom. The van der Waals surface area contributed by atoms with Crippen molar-refractivity contribution in [3.05, 3.63) is 51.8 Å². The fourth-order valence-corrected chi connectivity index (χ4v) is 6.90. The molecule has 3 fully saturated rings. The summed E-state index contributed by atoms with van der Waals surface area (Å²) in [7, 11) is 0. The molecule has 8 heteroatoms. The standard InChI is InChI=1S/C30H38F3N3O2.2H2/c1-17-13-18(2)19(3)25(14-17)29-24(22-7-5-21(6-8-22)20(4)37)11-12-35(29)28(38)16-36-27(30(31,32)33)15-26(34-36)23-9-10-23;;/h13-15,21-24,29H,5-12,16H2,1-4H3;2*1H/t21?,22?,24-,29-;;/m0../s1. The number of nitrogens with zero attached hydrogens (tertiary/aromatic N) is 3. The minimum absolute atomic E-state index is 0. The Labute approximate surface area is 225 Å². The second-order valence-electron chi connectivity index (χ2n) is 11.9. The van der Waals surface area contributed by atoms with Crippen LogP contribution in [0, 0.1) is 38.5 Å². The van der Waals surface area contributed by atoms with Crippen molar-refractivity contribution in [2.75, 3.05) is 6.54 Å². The van der Waals surface area contributed by atoms with Gasteiger partial charge in [-0.3, -0.25) is 14.3 Å². The molecule has 0 unspecified atom stereocenters. The van der Waals surface area contributed by atoms with Gasteiger partial charge in [0.15, 0.2) is 0 Å². The number of aromatic nitrogens is 2. The first-order valence-corrected chi connectivity index (χ1v) is 14.0. The van der Waals surface area contributed by atoms with Crippen LogP contribution in [0.15, 0.2) is 18.2 Å². The van der Waals surface area contributed by atoms with E-state index in [-0.39, 0.29) is 38.3 Å². The minimum Gasteiger partial charge on any atom is -0.334 e. The van der Waals surface area contributed by atoms with E-state index in [4.69, 9.17) is 0 Å². The second-order valence-corrected chi connectivity index (χ2v) is 11.9. The predicted octanol–water partition coefficient (Wildman–Crippen LogP) is 7.18. The summed E-state index contributed by atoms with van der Waals surface area (Å²) in [5.74, 6) is 0.717. The topological polar surface area (TPSA) is 55.2 Å². The van der Waals surface area contributed by atoms with E-state index in [1.165, 1.54) is 0 Å². The maximum absolute atomic E-state index is 13.8. The van der Waals surface area contributed by atoms with E-state index in [0.717, 1.165) is 77.9 Å². The number of hydrogen-bond acceptors (Lipinski definition) is 3. The molecule has 1 aliphatic heterocycles. The molecule has 0 spiro atoms. The number of rotatable bonds is 6. The number of ketones is 1. The molecule has 38 heavy (non-hydrogen) atoms. The average molecular weight is 534 g/mol. The Morgan fingerprint density at radius 3 is 2.29 bits per heavy atom. The lowest BCUT2D eigenvalue weighted by atomic mass is 9.71. The third-order valence-electron chi connectivity index (χ3n) is 9.26. The molecule has 2 heterocycles. The quantitative estimate of drug-likeness (QED) is 0.395. The number of amides is 1. The summed E-state index contributed by atoms with van der Waals surface area (Å²) in [5.41, 5.74) is 4.09. The number of benzene rings is 1. The molecule has 0 radical (unpaired) electrons. The second kappa shape index (κ2) is 10.2. The molecule has 2 aromatic rings. The van der Waals surface area contributed by atoms with E-state index in [1.54, 1.807) is 6.92 Å². The van der Waals surface area contributed by atoms with Crippen molar-refractivity contribution in [3.63, 3.8) is 0 Å². The zero-order valence-electron chi connectivity index (χ0n) is 22.8. The molecule has 2 saturated carbocycles. The Morgan fingerprint density at radius 1 is 1.00 bits per heavy atom. The highest BCUT2D eigenvalue weighted by Gasteiger charge is 2.45. The van der Waals surface area contributed by atoms with Crippen LogP contribution in [0.5, 0.6) is 0 Å².